The molecular weight excluding hydrogens is 327 g/mol. The molecule has 0 amide bonds. The van der Waals surface area contributed by atoms with Crippen LogP contribution in [-0.4, -0.2) is 18.3 Å². The van der Waals surface area contributed by atoms with Gasteiger partial charge in [0.25, 0.3) is 0 Å². The fraction of sp³-hybridized carbons (Fsp3) is 0.333. The number of rotatable bonds is 2. The molecule has 2 aromatic carbocycles. The maximum atomic E-state index is 6.20. The van der Waals surface area contributed by atoms with Crippen LogP contribution in [0.25, 0.3) is 20.5 Å². The topological polar surface area (TPSA) is 18.5 Å². The number of hydrogen-bond donors (Lipinski definition) is 0. The minimum Gasteiger partial charge on any atom is -0.399 e. The number of hydrogen-bond acceptors (Lipinski definition) is 3. The smallest absolute Gasteiger partial charge is 0.399 e. The van der Waals surface area contributed by atoms with E-state index in [1.807, 2.05) is 11.3 Å². The minimum atomic E-state index is -0.311. The van der Waals surface area contributed by atoms with E-state index in [-0.39, 0.29) is 18.3 Å². The van der Waals surface area contributed by atoms with Crippen LogP contribution in [0, 0.1) is 6.92 Å². The number of benzene rings is 2. The van der Waals surface area contributed by atoms with E-state index in [9.17, 15) is 0 Å². The molecule has 1 fully saturated rings. The summed E-state index contributed by atoms with van der Waals surface area (Å²) in [5.74, 6) is 0. The van der Waals surface area contributed by atoms with Crippen molar-refractivity contribution in [1.82, 2.24) is 0 Å². The van der Waals surface area contributed by atoms with E-state index in [0.717, 1.165) is 5.46 Å². The van der Waals surface area contributed by atoms with Gasteiger partial charge >= 0.3 is 7.12 Å². The quantitative estimate of drug-likeness (QED) is 0.593. The Morgan fingerprint density at radius 3 is 2.20 bits per heavy atom. The van der Waals surface area contributed by atoms with Crippen LogP contribution in [0.15, 0.2) is 48.5 Å². The molecule has 0 spiro atoms. The summed E-state index contributed by atoms with van der Waals surface area (Å²) >= 11 is 1.83. The average molecular weight is 350 g/mol. The standard InChI is InChI=1S/C21H23BO2S/c1-14-12-16(19-13-15-8-6-7-9-18(15)25-19)10-11-17(14)22-23-20(2,3)21(4,5)24-22/h6-13H,1-5H3. The lowest BCUT2D eigenvalue weighted by Crippen LogP contribution is -2.41. The van der Waals surface area contributed by atoms with Gasteiger partial charge in [-0.3, -0.25) is 0 Å². The van der Waals surface area contributed by atoms with Gasteiger partial charge in [0.15, 0.2) is 0 Å². The molecule has 25 heavy (non-hydrogen) atoms. The van der Waals surface area contributed by atoms with E-state index in [1.165, 1.54) is 26.1 Å². The van der Waals surface area contributed by atoms with Gasteiger partial charge in [-0.05, 0) is 63.2 Å². The molecule has 3 aromatic rings. The average Bonchev–Trinajstić information content (AvgIpc) is 3.05. The van der Waals surface area contributed by atoms with Gasteiger partial charge in [0.1, 0.15) is 0 Å². The van der Waals surface area contributed by atoms with E-state index >= 15 is 0 Å². The molecule has 4 heteroatoms. The minimum absolute atomic E-state index is 0.304. The zero-order chi connectivity index (χ0) is 17.8. The second-order valence-corrected chi connectivity index (χ2v) is 8.89. The van der Waals surface area contributed by atoms with Crippen LogP contribution in [0.1, 0.15) is 33.3 Å². The summed E-state index contributed by atoms with van der Waals surface area (Å²) in [6.45, 7) is 10.5. The molecule has 0 bridgehead atoms. The van der Waals surface area contributed by atoms with Gasteiger partial charge in [0.05, 0.1) is 11.2 Å². The molecule has 1 aliphatic heterocycles. The Kier molecular flexibility index (Phi) is 3.84. The van der Waals surface area contributed by atoms with Crippen LogP contribution in [0.2, 0.25) is 0 Å². The monoisotopic (exact) mass is 350 g/mol. The molecule has 4 rings (SSSR count). The molecule has 2 heterocycles. The molecule has 1 aliphatic rings. The number of aryl methyl sites for hydroxylation is 1. The summed E-state index contributed by atoms with van der Waals surface area (Å²) in [4.78, 5) is 1.30. The van der Waals surface area contributed by atoms with Gasteiger partial charge in [0, 0.05) is 9.58 Å². The Labute approximate surface area is 153 Å². The van der Waals surface area contributed by atoms with Gasteiger partial charge in [-0.15, -0.1) is 11.3 Å². The maximum Gasteiger partial charge on any atom is 0.495 e. The van der Waals surface area contributed by atoms with Crippen molar-refractivity contribution in [2.45, 2.75) is 45.8 Å². The van der Waals surface area contributed by atoms with E-state index < -0.39 is 0 Å². The Balaban J connectivity index is 1.68. The molecule has 1 aromatic heterocycles. The van der Waals surface area contributed by atoms with Crippen molar-refractivity contribution in [3.63, 3.8) is 0 Å². The van der Waals surface area contributed by atoms with E-state index in [4.69, 9.17) is 9.31 Å². The van der Waals surface area contributed by atoms with Crippen molar-refractivity contribution >= 4 is 34.0 Å². The molecule has 0 atom stereocenters. The molecular formula is C21H23BO2S. The lowest BCUT2D eigenvalue weighted by molar-refractivity contribution is 0.00578. The summed E-state index contributed by atoms with van der Waals surface area (Å²) in [6, 6.07) is 17.4. The molecule has 2 nitrogen and oxygen atoms in total. The highest BCUT2D eigenvalue weighted by Gasteiger charge is 2.52. The highest BCUT2D eigenvalue weighted by molar-refractivity contribution is 7.22. The SMILES string of the molecule is Cc1cc(-c2cc3ccccc3s2)ccc1B1OC(C)(C)C(C)(C)O1. The Bertz CT molecular complexity index is 893. The Morgan fingerprint density at radius 2 is 1.56 bits per heavy atom. The second kappa shape index (κ2) is 5.70. The summed E-state index contributed by atoms with van der Waals surface area (Å²) in [6.07, 6.45) is 0. The van der Waals surface area contributed by atoms with Crippen molar-refractivity contribution in [3.8, 4) is 10.4 Å². The van der Waals surface area contributed by atoms with E-state index in [2.05, 4.69) is 83.1 Å². The van der Waals surface area contributed by atoms with Crippen LogP contribution in [0.4, 0.5) is 0 Å². The van der Waals surface area contributed by atoms with Crippen LogP contribution in [0.5, 0.6) is 0 Å². The van der Waals surface area contributed by atoms with Gasteiger partial charge in [-0.25, -0.2) is 0 Å². The van der Waals surface area contributed by atoms with Crippen LogP contribution < -0.4 is 5.46 Å². The van der Waals surface area contributed by atoms with Crippen LogP contribution >= 0.6 is 11.3 Å². The summed E-state index contributed by atoms with van der Waals surface area (Å²) in [5.41, 5.74) is 2.94. The van der Waals surface area contributed by atoms with Crippen molar-refractivity contribution in [2.24, 2.45) is 0 Å². The predicted molar refractivity (Wildman–Crippen MR) is 108 cm³/mol. The molecule has 0 saturated carbocycles. The largest absolute Gasteiger partial charge is 0.495 e. The first-order chi connectivity index (χ1) is 11.8. The Hall–Kier alpha value is -1.62. The fourth-order valence-electron chi connectivity index (χ4n) is 3.19. The number of fused-ring (bicyclic) bond motifs is 1. The van der Waals surface area contributed by atoms with Gasteiger partial charge in [-0.1, -0.05) is 42.0 Å². The van der Waals surface area contributed by atoms with Gasteiger partial charge < -0.3 is 9.31 Å². The van der Waals surface area contributed by atoms with Gasteiger partial charge in [-0.2, -0.15) is 0 Å². The highest BCUT2D eigenvalue weighted by atomic mass is 32.1. The first-order valence-electron chi connectivity index (χ1n) is 8.72. The maximum absolute atomic E-state index is 6.20. The molecule has 0 radical (unpaired) electrons. The third-order valence-electron chi connectivity index (χ3n) is 5.49. The van der Waals surface area contributed by atoms with Crippen molar-refractivity contribution < 1.29 is 9.31 Å². The molecule has 1 saturated heterocycles. The third-order valence-corrected chi connectivity index (χ3v) is 6.65. The zero-order valence-electron chi connectivity index (χ0n) is 15.4. The van der Waals surface area contributed by atoms with E-state index in [1.54, 1.807) is 0 Å². The predicted octanol–water partition coefficient (Wildman–Crippen LogP) is 5.18. The highest BCUT2D eigenvalue weighted by Crippen LogP contribution is 2.37. The first kappa shape index (κ1) is 16.8. The third kappa shape index (κ3) is 2.82. The zero-order valence-corrected chi connectivity index (χ0v) is 16.2. The molecule has 0 aliphatic carbocycles. The molecule has 0 N–H and O–H groups in total. The molecule has 0 unspecified atom stereocenters. The van der Waals surface area contributed by atoms with Gasteiger partial charge in [0.2, 0.25) is 0 Å². The Morgan fingerprint density at radius 1 is 0.880 bits per heavy atom. The van der Waals surface area contributed by atoms with Crippen LogP contribution in [-0.2, 0) is 9.31 Å². The fourth-order valence-corrected chi connectivity index (χ4v) is 4.25. The van der Waals surface area contributed by atoms with Crippen molar-refractivity contribution in [1.29, 1.82) is 0 Å². The van der Waals surface area contributed by atoms with E-state index in [0.29, 0.717) is 0 Å². The van der Waals surface area contributed by atoms with Crippen molar-refractivity contribution in [3.05, 3.63) is 54.1 Å². The normalized spacial score (nSPS) is 18.8. The first-order valence-corrected chi connectivity index (χ1v) is 9.54. The summed E-state index contributed by atoms with van der Waals surface area (Å²) in [7, 11) is -0.304. The lowest BCUT2D eigenvalue weighted by Gasteiger charge is -2.32. The van der Waals surface area contributed by atoms with Crippen LogP contribution in [0.3, 0.4) is 0 Å². The molecule has 128 valence electrons. The summed E-state index contributed by atoms with van der Waals surface area (Å²) in [5, 5.41) is 1.30. The second-order valence-electron chi connectivity index (χ2n) is 7.81. The number of thiophene rings is 1. The lowest BCUT2D eigenvalue weighted by atomic mass is 9.76. The summed E-state index contributed by atoms with van der Waals surface area (Å²) < 4.78 is 13.7. The van der Waals surface area contributed by atoms with Crippen molar-refractivity contribution in [2.75, 3.05) is 0 Å².